The van der Waals surface area contributed by atoms with E-state index in [2.05, 4.69) is 33.0 Å². The minimum atomic E-state index is -0.391. The van der Waals surface area contributed by atoms with E-state index in [1.807, 2.05) is 4.90 Å². The summed E-state index contributed by atoms with van der Waals surface area (Å²) in [5.74, 6) is 0.0316. The zero-order valence-corrected chi connectivity index (χ0v) is 11.3. The lowest BCUT2D eigenvalue weighted by molar-refractivity contribution is -0.134. The zero-order valence-electron chi connectivity index (χ0n) is 11.3. The smallest absolute Gasteiger partial charge is 0.245 e. The topological polar surface area (TPSA) is 49.4 Å². The van der Waals surface area contributed by atoms with E-state index in [0.29, 0.717) is 13.0 Å². The van der Waals surface area contributed by atoms with Crippen molar-refractivity contribution < 1.29 is 9.59 Å². The number of nitrogens with one attached hydrogen (secondary N) is 1. The summed E-state index contributed by atoms with van der Waals surface area (Å²) < 4.78 is 0. The Kier molecular flexibility index (Phi) is 2.53. The van der Waals surface area contributed by atoms with Gasteiger partial charge in [-0.2, -0.15) is 0 Å². The molecule has 0 aromatic heterocycles. The molecule has 17 heavy (non-hydrogen) atoms. The Labute approximate surface area is 103 Å². The summed E-state index contributed by atoms with van der Waals surface area (Å²) in [6.45, 7) is 11.1. The van der Waals surface area contributed by atoms with Crippen LogP contribution >= 0.6 is 0 Å². The van der Waals surface area contributed by atoms with Gasteiger partial charge in [0.25, 0.3) is 0 Å². The lowest BCUT2D eigenvalue weighted by Gasteiger charge is -2.24. The minimum absolute atomic E-state index is 0.0235. The third-order valence-electron chi connectivity index (χ3n) is 4.87. The second-order valence-corrected chi connectivity index (χ2v) is 6.42. The molecule has 0 bridgehead atoms. The van der Waals surface area contributed by atoms with Crippen LogP contribution in [-0.2, 0) is 9.59 Å². The summed E-state index contributed by atoms with van der Waals surface area (Å²) in [7, 11) is 0. The highest BCUT2D eigenvalue weighted by molar-refractivity contribution is 5.90. The normalized spacial score (nSPS) is 32.1. The van der Waals surface area contributed by atoms with Crippen LogP contribution in [0.15, 0.2) is 0 Å². The van der Waals surface area contributed by atoms with Crippen LogP contribution in [0.3, 0.4) is 0 Å². The highest BCUT2D eigenvalue weighted by Crippen LogP contribution is 2.65. The number of nitrogens with zero attached hydrogens (tertiary/aromatic N) is 1. The molecule has 2 amide bonds. The van der Waals surface area contributed by atoms with Gasteiger partial charge in [-0.05, 0) is 17.8 Å². The van der Waals surface area contributed by atoms with E-state index in [0.717, 1.165) is 0 Å². The quantitative estimate of drug-likeness (QED) is 0.745. The summed E-state index contributed by atoms with van der Waals surface area (Å²) in [4.78, 5) is 25.6. The summed E-state index contributed by atoms with van der Waals surface area (Å²) in [5.41, 5.74) is 0.269. The average molecular weight is 238 g/mol. The summed E-state index contributed by atoms with van der Waals surface area (Å²) in [6.07, 6.45) is 0.415. The highest BCUT2D eigenvalue weighted by atomic mass is 16.2. The molecule has 2 aliphatic rings. The Bertz CT molecular complexity index is 360. The van der Waals surface area contributed by atoms with Crippen LogP contribution in [-0.4, -0.2) is 35.3 Å². The number of carbonyl (C=O) groups is 2. The fourth-order valence-corrected chi connectivity index (χ4v) is 3.15. The van der Waals surface area contributed by atoms with Gasteiger partial charge in [-0.25, -0.2) is 0 Å². The van der Waals surface area contributed by atoms with Crippen LogP contribution in [0.25, 0.3) is 0 Å². The third-order valence-corrected chi connectivity index (χ3v) is 4.87. The van der Waals surface area contributed by atoms with Crippen LogP contribution in [0, 0.1) is 10.8 Å². The lowest BCUT2D eigenvalue weighted by atomic mass is 10.0. The Morgan fingerprint density at radius 2 is 1.71 bits per heavy atom. The van der Waals surface area contributed by atoms with Crippen molar-refractivity contribution in [2.24, 2.45) is 10.8 Å². The van der Waals surface area contributed by atoms with Gasteiger partial charge in [0.1, 0.15) is 6.04 Å². The SMILES string of the molecule is CC1NC(=O)CCN(C2C(C)(C)C2(C)C)C1=O. The second-order valence-electron chi connectivity index (χ2n) is 6.42. The number of hydrogen-bond donors (Lipinski definition) is 1. The van der Waals surface area contributed by atoms with Crippen molar-refractivity contribution in [1.82, 2.24) is 10.2 Å². The highest BCUT2D eigenvalue weighted by Gasteiger charge is 2.68. The molecule has 0 radical (unpaired) electrons. The van der Waals surface area contributed by atoms with Crippen LogP contribution in [0.5, 0.6) is 0 Å². The summed E-state index contributed by atoms with van der Waals surface area (Å²) >= 11 is 0. The number of amides is 2. The fourth-order valence-electron chi connectivity index (χ4n) is 3.15. The standard InChI is InChI=1S/C13H22N2O2/c1-8-10(17)15(7-6-9(16)14-8)11-12(2,3)13(11,4)5/h8,11H,6-7H2,1-5H3,(H,14,16). The van der Waals surface area contributed by atoms with Gasteiger partial charge >= 0.3 is 0 Å². The van der Waals surface area contributed by atoms with Gasteiger partial charge < -0.3 is 10.2 Å². The van der Waals surface area contributed by atoms with E-state index in [1.165, 1.54) is 0 Å². The predicted molar refractivity (Wildman–Crippen MR) is 65.3 cm³/mol. The number of hydrogen-bond acceptors (Lipinski definition) is 2. The van der Waals surface area contributed by atoms with Crippen molar-refractivity contribution in [2.45, 2.75) is 53.1 Å². The Hall–Kier alpha value is -1.06. The first-order valence-corrected chi connectivity index (χ1v) is 6.29. The summed E-state index contributed by atoms with van der Waals surface area (Å²) in [5, 5.41) is 2.73. The molecule has 2 fully saturated rings. The van der Waals surface area contributed by atoms with E-state index < -0.39 is 6.04 Å². The molecular weight excluding hydrogens is 216 g/mol. The van der Waals surface area contributed by atoms with Gasteiger partial charge in [0.2, 0.25) is 11.8 Å². The van der Waals surface area contributed by atoms with E-state index in [-0.39, 0.29) is 28.7 Å². The Balaban J connectivity index is 2.22. The first kappa shape index (κ1) is 12.4. The maximum atomic E-state index is 12.3. The van der Waals surface area contributed by atoms with Crippen molar-refractivity contribution >= 4 is 11.8 Å². The molecule has 0 aromatic carbocycles. The van der Waals surface area contributed by atoms with Crippen LogP contribution < -0.4 is 5.32 Å². The average Bonchev–Trinajstić information content (AvgIpc) is 2.63. The molecular formula is C13H22N2O2. The molecule has 1 N–H and O–H groups in total. The van der Waals surface area contributed by atoms with E-state index in [9.17, 15) is 9.59 Å². The molecule has 1 aliphatic carbocycles. The second kappa shape index (κ2) is 3.47. The van der Waals surface area contributed by atoms with E-state index in [1.54, 1.807) is 6.92 Å². The van der Waals surface area contributed by atoms with Crippen molar-refractivity contribution in [3.8, 4) is 0 Å². The van der Waals surface area contributed by atoms with Crippen molar-refractivity contribution in [3.05, 3.63) is 0 Å². The van der Waals surface area contributed by atoms with Crippen molar-refractivity contribution in [3.63, 3.8) is 0 Å². The first-order valence-electron chi connectivity index (χ1n) is 6.29. The molecule has 1 unspecified atom stereocenters. The summed E-state index contributed by atoms with van der Waals surface area (Å²) in [6, 6.07) is -0.144. The van der Waals surface area contributed by atoms with Gasteiger partial charge in [0, 0.05) is 19.0 Å². The van der Waals surface area contributed by atoms with Crippen LogP contribution in [0.4, 0.5) is 0 Å². The van der Waals surface area contributed by atoms with Crippen molar-refractivity contribution in [1.29, 1.82) is 0 Å². The molecule has 4 nitrogen and oxygen atoms in total. The predicted octanol–water partition coefficient (Wildman–Crippen LogP) is 1.16. The maximum absolute atomic E-state index is 12.3. The molecule has 2 rings (SSSR count). The molecule has 4 heteroatoms. The molecule has 0 spiro atoms. The maximum Gasteiger partial charge on any atom is 0.245 e. The zero-order chi connectivity index (χ0) is 13.0. The lowest BCUT2D eigenvalue weighted by Crippen LogP contribution is -2.45. The number of carbonyl (C=O) groups excluding carboxylic acids is 2. The van der Waals surface area contributed by atoms with Gasteiger partial charge in [-0.3, -0.25) is 9.59 Å². The minimum Gasteiger partial charge on any atom is -0.345 e. The van der Waals surface area contributed by atoms with Gasteiger partial charge in [-0.1, -0.05) is 27.7 Å². The van der Waals surface area contributed by atoms with E-state index >= 15 is 0 Å². The van der Waals surface area contributed by atoms with Gasteiger partial charge in [0.05, 0.1) is 0 Å². The molecule has 96 valence electrons. The number of rotatable bonds is 1. The Morgan fingerprint density at radius 3 is 2.18 bits per heavy atom. The molecule has 0 aromatic rings. The molecule has 1 aliphatic heterocycles. The molecule has 1 heterocycles. The first-order chi connectivity index (χ1) is 7.69. The van der Waals surface area contributed by atoms with Crippen LogP contribution in [0.1, 0.15) is 41.0 Å². The van der Waals surface area contributed by atoms with Crippen LogP contribution in [0.2, 0.25) is 0 Å². The van der Waals surface area contributed by atoms with Crippen molar-refractivity contribution in [2.75, 3.05) is 6.54 Å². The Morgan fingerprint density at radius 1 is 1.18 bits per heavy atom. The largest absolute Gasteiger partial charge is 0.345 e. The van der Waals surface area contributed by atoms with Gasteiger partial charge in [0.15, 0.2) is 0 Å². The molecule has 1 saturated carbocycles. The third kappa shape index (κ3) is 1.65. The van der Waals surface area contributed by atoms with E-state index in [4.69, 9.17) is 0 Å². The monoisotopic (exact) mass is 238 g/mol. The molecule has 1 saturated heterocycles. The fraction of sp³-hybridized carbons (Fsp3) is 0.846. The molecule has 1 atom stereocenters. The van der Waals surface area contributed by atoms with Gasteiger partial charge in [-0.15, -0.1) is 0 Å².